The summed E-state index contributed by atoms with van der Waals surface area (Å²) in [5, 5.41) is 20.1. The average Bonchev–Trinajstić information content (AvgIpc) is 3.34. The van der Waals surface area contributed by atoms with Gasteiger partial charge in [0.25, 0.3) is 0 Å². The number of benzene rings is 1. The molecule has 1 saturated heterocycles. The number of likely N-dealkylation sites (tertiary alicyclic amines) is 1. The molecule has 0 radical (unpaired) electrons. The molecule has 0 amide bonds. The number of rotatable bonds is 6. The predicted molar refractivity (Wildman–Crippen MR) is 86.3 cm³/mol. The van der Waals surface area contributed by atoms with Crippen LogP contribution in [0.15, 0.2) is 18.2 Å². The maximum Gasteiger partial charge on any atom is 0.313 e. The van der Waals surface area contributed by atoms with Crippen molar-refractivity contribution >= 4 is 5.97 Å². The normalized spacial score (nSPS) is 27.9. The molecule has 2 fully saturated rings. The number of halogens is 1. The predicted octanol–water partition coefficient (Wildman–Crippen LogP) is 2.27. The molecule has 6 heteroatoms. The molecule has 0 unspecified atom stereocenters. The van der Waals surface area contributed by atoms with Crippen molar-refractivity contribution in [2.45, 2.75) is 38.3 Å². The summed E-state index contributed by atoms with van der Waals surface area (Å²) in [6.07, 6.45) is 2.23. The second kappa shape index (κ2) is 6.69. The smallest absolute Gasteiger partial charge is 0.313 e. The monoisotopic (exact) mass is 337 g/mol. The number of carboxylic acids is 1. The van der Waals surface area contributed by atoms with Crippen LogP contribution in [0.1, 0.15) is 31.2 Å². The molecule has 5 nitrogen and oxygen atoms in total. The highest BCUT2D eigenvalue weighted by atomic mass is 19.1. The van der Waals surface area contributed by atoms with E-state index in [4.69, 9.17) is 4.74 Å². The molecule has 2 atom stereocenters. The summed E-state index contributed by atoms with van der Waals surface area (Å²) in [5.41, 5.74) is -0.333. The lowest BCUT2D eigenvalue weighted by Crippen LogP contribution is -2.55. The molecule has 1 aromatic rings. The molecule has 1 aliphatic heterocycles. The second-order valence-corrected chi connectivity index (χ2v) is 7.09. The van der Waals surface area contributed by atoms with E-state index < -0.39 is 23.3 Å². The molecule has 0 bridgehead atoms. The minimum absolute atomic E-state index is 0.196. The van der Waals surface area contributed by atoms with Crippen molar-refractivity contribution in [3.05, 3.63) is 29.6 Å². The molecule has 2 aliphatic rings. The molecule has 132 valence electrons. The Labute approximate surface area is 141 Å². The number of hydrogen-bond acceptors (Lipinski definition) is 4. The Balaban J connectivity index is 1.74. The Kier molecular flexibility index (Phi) is 4.78. The van der Waals surface area contributed by atoms with Crippen molar-refractivity contribution in [3.8, 4) is 5.75 Å². The number of aliphatic hydroxyl groups is 1. The van der Waals surface area contributed by atoms with E-state index in [0.717, 1.165) is 18.4 Å². The zero-order valence-electron chi connectivity index (χ0n) is 13.9. The Bertz CT molecular complexity index is 619. The maximum absolute atomic E-state index is 13.8. The van der Waals surface area contributed by atoms with Crippen molar-refractivity contribution in [2.75, 3.05) is 20.2 Å². The highest BCUT2D eigenvalue weighted by molar-refractivity contribution is 5.76. The number of piperidine rings is 1. The molecule has 1 saturated carbocycles. The van der Waals surface area contributed by atoms with Gasteiger partial charge in [-0.3, -0.25) is 9.69 Å². The van der Waals surface area contributed by atoms with E-state index in [2.05, 4.69) is 0 Å². The van der Waals surface area contributed by atoms with Crippen molar-refractivity contribution in [3.63, 3.8) is 0 Å². The Hall–Kier alpha value is -1.66. The number of hydrogen-bond donors (Lipinski definition) is 2. The molecule has 3 rings (SSSR count). The second-order valence-electron chi connectivity index (χ2n) is 7.09. The van der Waals surface area contributed by atoms with Crippen LogP contribution in [-0.4, -0.2) is 47.4 Å². The van der Waals surface area contributed by atoms with E-state index in [9.17, 15) is 19.4 Å². The van der Waals surface area contributed by atoms with Crippen LogP contribution in [0.4, 0.5) is 4.39 Å². The van der Waals surface area contributed by atoms with Crippen LogP contribution in [0.5, 0.6) is 5.75 Å². The molecule has 0 spiro atoms. The van der Waals surface area contributed by atoms with Crippen LogP contribution >= 0.6 is 0 Å². The molecule has 2 N–H and O–H groups in total. The summed E-state index contributed by atoms with van der Waals surface area (Å²) >= 11 is 0. The van der Waals surface area contributed by atoms with E-state index in [1.807, 2.05) is 4.90 Å². The van der Waals surface area contributed by atoms with Gasteiger partial charge < -0.3 is 14.9 Å². The first-order valence-electron chi connectivity index (χ1n) is 8.41. The van der Waals surface area contributed by atoms with Gasteiger partial charge in [-0.1, -0.05) is 18.9 Å². The topological polar surface area (TPSA) is 70.0 Å². The highest BCUT2D eigenvalue weighted by Gasteiger charge is 2.51. The van der Waals surface area contributed by atoms with Crippen LogP contribution in [0, 0.1) is 17.2 Å². The van der Waals surface area contributed by atoms with Gasteiger partial charge in [0.1, 0.15) is 5.41 Å². The minimum Gasteiger partial charge on any atom is -0.494 e. The molecule has 1 heterocycles. The van der Waals surface area contributed by atoms with E-state index in [1.165, 1.54) is 13.2 Å². The Morgan fingerprint density at radius 2 is 2.17 bits per heavy atom. The third-order valence-corrected chi connectivity index (χ3v) is 5.26. The van der Waals surface area contributed by atoms with E-state index in [-0.39, 0.29) is 5.75 Å². The summed E-state index contributed by atoms with van der Waals surface area (Å²) in [6.45, 7) is 1.37. The van der Waals surface area contributed by atoms with Gasteiger partial charge in [0.15, 0.2) is 11.6 Å². The van der Waals surface area contributed by atoms with Crippen molar-refractivity contribution in [1.82, 2.24) is 4.90 Å². The first-order valence-corrected chi connectivity index (χ1v) is 8.41. The quantitative estimate of drug-likeness (QED) is 0.833. The van der Waals surface area contributed by atoms with Gasteiger partial charge in [-0.15, -0.1) is 0 Å². The van der Waals surface area contributed by atoms with Gasteiger partial charge in [-0.2, -0.15) is 0 Å². The maximum atomic E-state index is 13.8. The standard InChI is InChI=1S/C18H24FNO4/c1-24-15-5-4-13(8-14(15)19)10-20-7-6-16(21)18(11-20,17(22)23)9-12-2-3-12/h4-5,8,12,16,21H,2-3,6-7,9-11H2,1H3,(H,22,23)/t16-,18+/m0/s1. The third-order valence-electron chi connectivity index (χ3n) is 5.26. The number of nitrogens with zero attached hydrogens (tertiary/aromatic N) is 1. The first kappa shape index (κ1) is 17.2. The molecular formula is C18H24FNO4. The molecular weight excluding hydrogens is 313 g/mol. The third kappa shape index (κ3) is 3.39. The van der Waals surface area contributed by atoms with Gasteiger partial charge in [0, 0.05) is 19.6 Å². The lowest BCUT2D eigenvalue weighted by atomic mass is 9.73. The number of methoxy groups -OCH3 is 1. The fourth-order valence-electron chi connectivity index (χ4n) is 3.70. The van der Waals surface area contributed by atoms with Gasteiger partial charge in [0.05, 0.1) is 13.2 Å². The first-order chi connectivity index (χ1) is 11.4. The van der Waals surface area contributed by atoms with E-state index in [1.54, 1.807) is 12.1 Å². The SMILES string of the molecule is COc1ccc(CN2CC[C@H](O)[C@](CC3CC3)(C(=O)O)C2)cc1F. The van der Waals surface area contributed by atoms with Crippen LogP contribution in [0.2, 0.25) is 0 Å². The van der Waals surface area contributed by atoms with Crippen LogP contribution in [0.25, 0.3) is 0 Å². The summed E-state index contributed by atoms with van der Waals surface area (Å²) in [5.74, 6) is -0.738. The van der Waals surface area contributed by atoms with Gasteiger partial charge in [-0.25, -0.2) is 4.39 Å². The van der Waals surface area contributed by atoms with Crippen LogP contribution < -0.4 is 4.74 Å². The zero-order chi connectivity index (χ0) is 17.3. The van der Waals surface area contributed by atoms with Crippen LogP contribution in [0.3, 0.4) is 0 Å². The molecule has 1 aromatic carbocycles. The number of aliphatic carboxylic acids is 1. The summed E-state index contributed by atoms with van der Waals surface area (Å²) in [7, 11) is 1.42. The fourth-order valence-corrected chi connectivity index (χ4v) is 3.70. The van der Waals surface area contributed by atoms with Crippen molar-refractivity contribution < 1.29 is 24.1 Å². The molecule has 0 aromatic heterocycles. The average molecular weight is 337 g/mol. The number of aliphatic hydroxyl groups excluding tert-OH is 1. The van der Waals surface area contributed by atoms with E-state index >= 15 is 0 Å². The zero-order valence-corrected chi connectivity index (χ0v) is 13.9. The number of carbonyl (C=O) groups is 1. The van der Waals surface area contributed by atoms with Gasteiger partial charge >= 0.3 is 5.97 Å². The van der Waals surface area contributed by atoms with E-state index in [0.29, 0.717) is 38.4 Å². The van der Waals surface area contributed by atoms with Crippen molar-refractivity contribution in [1.29, 1.82) is 0 Å². The number of ether oxygens (including phenoxy) is 1. The van der Waals surface area contributed by atoms with Crippen molar-refractivity contribution in [2.24, 2.45) is 11.3 Å². The Morgan fingerprint density at radius 3 is 2.75 bits per heavy atom. The molecule has 1 aliphatic carbocycles. The molecule has 24 heavy (non-hydrogen) atoms. The lowest BCUT2D eigenvalue weighted by molar-refractivity contribution is -0.165. The fraction of sp³-hybridized carbons (Fsp3) is 0.611. The largest absolute Gasteiger partial charge is 0.494 e. The number of carboxylic acid groups (broad SMARTS) is 1. The summed E-state index contributed by atoms with van der Waals surface area (Å²) in [4.78, 5) is 13.9. The van der Waals surface area contributed by atoms with Gasteiger partial charge in [0.2, 0.25) is 0 Å². The Morgan fingerprint density at radius 1 is 1.42 bits per heavy atom. The highest BCUT2D eigenvalue weighted by Crippen LogP contribution is 2.45. The minimum atomic E-state index is -1.11. The summed E-state index contributed by atoms with van der Waals surface area (Å²) < 4.78 is 18.8. The lowest BCUT2D eigenvalue weighted by Gasteiger charge is -2.43. The summed E-state index contributed by atoms with van der Waals surface area (Å²) in [6, 6.07) is 4.79. The van der Waals surface area contributed by atoms with Crippen LogP contribution in [-0.2, 0) is 11.3 Å². The van der Waals surface area contributed by atoms with Gasteiger partial charge in [-0.05, 0) is 36.5 Å².